The summed E-state index contributed by atoms with van der Waals surface area (Å²) in [4.78, 5) is 0. The van der Waals surface area contributed by atoms with Gasteiger partial charge in [-0.1, -0.05) is 38.1 Å². The van der Waals surface area contributed by atoms with Gasteiger partial charge in [0, 0.05) is 24.3 Å². The van der Waals surface area contributed by atoms with Gasteiger partial charge in [0.25, 0.3) is 0 Å². The number of benzene rings is 1. The van der Waals surface area contributed by atoms with Gasteiger partial charge in [-0.3, -0.25) is 4.68 Å². The van der Waals surface area contributed by atoms with E-state index in [9.17, 15) is 0 Å². The maximum absolute atomic E-state index is 5.94. The highest BCUT2D eigenvalue weighted by Gasteiger charge is 2.21. The van der Waals surface area contributed by atoms with E-state index in [4.69, 9.17) is 4.74 Å². The summed E-state index contributed by atoms with van der Waals surface area (Å²) < 4.78 is 7.93. The Morgan fingerprint density at radius 1 is 1.38 bits per heavy atom. The van der Waals surface area contributed by atoms with E-state index in [-0.39, 0.29) is 6.10 Å². The molecule has 112 valence electrons. The molecule has 21 heavy (non-hydrogen) atoms. The van der Waals surface area contributed by atoms with E-state index in [2.05, 4.69) is 54.7 Å². The minimum Gasteiger partial charge on any atom is -0.371 e. The molecule has 1 aromatic carbocycles. The lowest BCUT2D eigenvalue weighted by Crippen LogP contribution is -2.22. The highest BCUT2D eigenvalue weighted by molar-refractivity contribution is 5.30. The van der Waals surface area contributed by atoms with Crippen molar-refractivity contribution < 1.29 is 4.74 Å². The summed E-state index contributed by atoms with van der Waals surface area (Å²) in [6.45, 7) is 6.73. The molecule has 0 aliphatic carbocycles. The second kappa shape index (κ2) is 6.41. The molecule has 4 nitrogen and oxygen atoms in total. The van der Waals surface area contributed by atoms with Gasteiger partial charge in [0.2, 0.25) is 0 Å². The first-order valence-electron chi connectivity index (χ1n) is 7.66. The predicted molar refractivity (Wildman–Crippen MR) is 83.0 cm³/mol. The van der Waals surface area contributed by atoms with Crippen LogP contribution in [-0.4, -0.2) is 22.4 Å². The highest BCUT2D eigenvalue weighted by Crippen LogP contribution is 2.28. The fraction of sp³-hybridized carbons (Fsp3) is 0.471. The Hall–Kier alpha value is -1.65. The average molecular weight is 285 g/mol. The van der Waals surface area contributed by atoms with Crippen LogP contribution in [0.1, 0.15) is 36.6 Å². The summed E-state index contributed by atoms with van der Waals surface area (Å²) >= 11 is 0. The molecule has 0 amide bonds. The van der Waals surface area contributed by atoms with E-state index >= 15 is 0 Å². The first kappa shape index (κ1) is 14.3. The average Bonchev–Trinajstić information content (AvgIpc) is 2.93. The van der Waals surface area contributed by atoms with Crippen molar-refractivity contribution in [2.45, 2.75) is 45.5 Å². The van der Waals surface area contributed by atoms with Crippen LogP contribution in [0.2, 0.25) is 0 Å². The van der Waals surface area contributed by atoms with Gasteiger partial charge < -0.3 is 10.1 Å². The molecule has 1 aromatic heterocycles. The Bertz CT molecular complexity index is 591. The number of fused-ring (bicyclic) bond motifs is 1. The van der Waals surface area contributed by atoms with E-state index in [1.807, 2.05) is 10.9 Å². The molecule has 0 spiro atoms. The van der Waals surface area contributed by atoms with Crippen LogP contribution in [0.5, 0.6) is 0 Å². The zero-order chi connectivity index (χ0) is 14.7. The van der Waals surface area contributed by atoms with Crippen molar-refractivity contribution in [3.05, 3.63) is 53.3 Å². The summed E-state index contributed by atoms with van der Waals surface area (Å²) in [7, 11) is 0. The first-order valence-corrected chi connectivity index (χ1v) is 7.66. The van der Waals surface area contributed by atoms with Crippen LogP contribution < -0.4 is 5.32 Å². The number of nitrogens with one attached hydrogen (secondary N) is 1. The summed E-state index contributed by atoms with van der Waals surface area (Å²) in [5.41, 5.74) is 3.93. The lowest BCUT2D eigenvalue weighted by Gasteiger charge is -2.25. The standard InChI is InChI=1S/C17H23N3O/c1-13(2)18-9-14-10-19-20(11-14)12-17-16-6-4-3-5-15(16)7-8-21-17/h3-6,10-11,13,17-18H,7-9,12H2,1-2H3. The van der Waals surface area contributed by atoms with Gasteiger partial charge in [-0.05, 0) is 17.5 Å². The third kappa shape index (κ3) is 3.52. The molecule has 0 bridgehead atoms. The van der Waals surface area contributed by atoms with Crippen LogP contribution in [-0.2, 0) is 24.2 Å². The second-order valence-corrected chi connectivity index (χ2v) is 5.91. The van der Waals surface area contributed by atoms with Crippen LogP contribution in [0.15, 0.2) is 36.7 Å². The lowest BCUT2D eigenvalue weighted by molar-refractivity contribution is 0.0283. The van der Waals surface area contributed by atoms with Crippen LogP contribution in [0, 0.1) is 0 Å². The van der Waals surface area contributed by atoms with Gasteiger partial charge in [-0.15, -0.1) is 0 Å². The largest absolute Gasteiger partial charge is 0.371 e. The molecule has 1 atom stereocenters. The number of rotatable bonds is 5. The summed E-state index contributed by atoms with van der Waals surface area (Å²) in [5, 5.41) is 7.87. The Balaban J connectivity index is 1.67. The van der Waals surface area contributed by atoms with Gasteiger partial charge in [0.05, 0.1) is 19.3 Å². The molecule has 0 saturated carbocycles. The van der Waals surface area contributed by atoms with Crippen LogP contribution in [0.4, 0.5) is 0 Å². The fourth-order valence-corrected chi connectivity index (χ4v) is 2.72. The zero-order valence-electron chi connectivity index (χ0n) is 12.7. The van der Waals surface area contributed by atoms with Gasteiger partial charge in [-0.25, -0.2) is 0 Å². The van der Waals surface area contributed by atoms with Gasteiger partial charge in [0.1, 0.15) is 6.10 Å². The van der Waals surface area contributed by atoms with Crippen molar-refractivity contribution in [1.29, 1.82) is 0 Å². The molecular weight excluding hydrogens is 262 g/mol. The Morgan fingerprint density at radius 3 is 3.10 bits per heavy atom. The predicted octanol–water partition coefficient (Wildman–Crippen LogP) is 2.70. The molecule has 1 unspecified atom stereocenters. The van der Waals surface area contributed by atoms with Gasteiger partial charge >= 0.3 is 0 Å². The first-order chi connectivity index (χ1) is 10.2. The van der Waals surface area contributed by atoms with Gasteiger partial charge in [-0.2, -0.15) is 5.10 Å². The van der Waals surface area contributed by atoms with E-state index < -0.39 is 0 Å². The SMILES string of the molecule is CC(C)NCc1cnn(CC2OCCc3ccccc32)c1. The van der Waals surface area contributed by atoms with Crippen LogP contribution in [0.25, 0.3) is 0 Å². The highest BCUT2D eigenvalue weighted by atomic mass is 16.5. The molecule has 0 fully saturated rings. The van der Waals surface area contributed by atoms with Crippen molar-refractivity contribution in [1.82, 2.24) is 15.1 Å². The summed E-state index contributed by atoms with van der Waals surface area (Å²) in [5.74, 6) is 0. The fourth-order valence-electron chi connectivity index (χ4n) is 2.72. The van der Waals surface area contributed by atoms with Crippen LogP contribution >= 0.6 is 0 Å². The van der Waals surface area contributed by atoms with Gasteiger partial charge in [0.15, 0.2) is 0 Å². The second-order valence-electron chi connectivity index (χ2n) is 5.91. The van der Waals surface area contributed by atoms with Crippen molar-refractivity contribution in [3.8, 4) is 0 Å². The molecule has 1 N–H and O–H groups in total. The quantitative estimate of drug-likeness (QED) is 0.918. The molecule has 0 saturated heterocycles. The van der Waals surface area contributed by atoms with E-state index in [1.165, 1.54) is 16.7 Å². The molecule has 2 heterocycles. The Morgan fingerprint density at radius 2 is 2.24 bits per heavy atom. The van der Waals surface area contributed by atoms with E-state index in [0.29, 0.717) is 6.04 Å². The van der Waals surface area contributed by atoms with Crippen molar-refractivity contribution in [3.63, 3.8) is 0 Å². The zero-order valence-corrected chi connectivity index (χ0v) is 12.7. The molecule has 1 aliphatic heterocycles. The van der Waals surface area contributed by atoms with Crippen LogP contribution in [0.3, 0.4) is 0 Å². The molecular formula is C17H23N3O. The minimum atomic E-state index is 0.112. The van der Waals surface area contributed by atoms with E-state index in [0.717, 1.165) is 26.1 Å². The molecule has 0 radical (unpaired) electrons. The normalized spacial score (nSPS) is 18.0. The minimum absolute atomic E-state index is 0.112. The maximum Gasteiger partial charge on any atom is 0.102 e. The number of nitrogens with zero attached hydrogens (tertiary/aromatic N) is 2. The Labute approximate surface area is 126 Å². The number of hydrogen-bond acceptors (Lipinski definition) is 3. The summed E-state index contributed by atoms with van der Waals surface area (Å²) in [6.07, 6.45) is 5.16. The smallest absolute Gasteiger partial charge is 0.102 e. The third-order valence-corrected chi connectivity index (χ3v) is 3.85. The topological polar surface area (TPSA) is 39.1 Å². The monoisotopic (exact) mass is 285 g/mol. The molecule has 2 aromatic rings. The molecule has 3 rings (SSSR count). The number of ether oxygens (including phenoxy) is 1. The Kier molecular flexibility index (Phi) is 4.36. The van der Waals surface area contributed by atoms with E-state index in [1.54, 1.807) is 0 Å². The lowest BCUT2D eigenvalue weighted by atomic mass is 9.98. The molecule has 1 aliphatic rings. The molecule has 4 heteroatoms. The van der Waals surface area contributed by atoms with Crippen molar-refractivity contribution >= 4 is 0 Å². The number of aromatic nitrogens is 2. The summed E-state index contributed by atoms with van der Waals surface area (Å²) in [6, 6.07) is 9.05. The third-order valence-electron chi connectivity index (χ3n) is 3.85. The van der Waals surface area contributed by atoms with Crippen molar-refractivity contribution in [2.24, 2.45) is 0 Å². The maximum atomic E-state index is 5.94. The van der Waals surface area contributed by atoms with Crippen molar-refractivity contribution in [2.75, 3.05) is 6.61 Å². The number of hydrogen-bond donors (Lipinski definition) is 1.